The highest BCUT2D eigenvalue weighted by Gasteiger charge is 2.43. The molecule has 2 saturated heterocycles. The number of hydrogen-bond donors (Lipinski definition) is 1. The van der Waals surface area contributed by atoms with Crippen LogP contribution in [-0.2, 0) is 9.59 Å². The molecule has 3 atom stereocenters. The zero-order valence-corrected chi connectivity index (χ0v) is 8.27. The molecule has 14 heavy (non-hydrogen) atoms. The molecular weight excluding hydrogens is 182 g/mol. The first-order valence-corrected chi connectivity index (χ1v) is 5.11. The summed E-state index contributed by atoms with van der Waals surface area (Å²) in [5.74, 6) is -0.484. The van der Waals surface area contributed by atoms with Crippen molar-refractivity contribution in [1.82, 2.24) is 4.90 Å². The van der Waals surface area contributed by atoms with Gasteiger partial charge in [-0.15, -0.1) is 0 Å². The fraction of sp³-hybridized carbons (Fsp3) is 0.800. The lowest BCUT2D eigenvalue weighted by Gasteiger charge is -2.36. The second-order valence-corrected chi connectivity index (χ2v) is 4.29. The van der Waals surface area contributed by atoms with E-state index in [0.29, 0.717) is 18.6 Å². The Morgan fingerprint density at radius 3 is 2.36 bits per heavy atom. The lowest BCUT2D eigenvalue weighted by molar-refractivity contribution is -0.146. The van der Waals surface area contributed by atoms with Crippen LogP contribution in [0.25, 0.3) is 0 Å². The Labute approximate surface area is 82.9 Å². The molecule has 0 aromatic carbocycles. The lowest BCUT2D eigenvalue weighted by atomic mass is 9.99. The van der Waals surface area contributed by atoms with E-state index in [1.54, 1.807) is 6.92 Å². The molecule has 0 aromatic heterocycles. The van der Waals surface area contributed by atoms with Crippen LogP contribution in [-0.4, -0.2) is 39.9 Å². The summed E-state index contributed by atoms with van der Waals surface area (Å²) in [5, 5.41) is 8.94. The highest BCUT2D eigenvalue weighted by molar-refractivity contribution is 5.81. The van der Waals surface area contributed by atoms with Gasteiger partial charge in [0.25, 0.3) is 0 Å². The van der Waals surface area contributed by atoms with E-state index in [1.807, 2.05) is 4.90 Å². The van der Waals surface area contributed by atoms with Crippen LogP contribution in [0.3, 0.4) is 0 Å². The largest absolute Gasteiger partial charge is 0.480 e. The summed E-state index contributed by atoms with van der Waals surface area (Å²) in [7, 11) is 0. The Morgan fingerprint density at radius 2 is 1.93 bits per heavy atom. The molecule has 3 unspecified atom stereocenters. The summed E-state index contributed by atoms with van der Waals surface area (Å²) < 4.78 is 0. The maximum absolute atomic E-state index is 11.3. The van der Waals surface area contributed by atoms with Crippen LogP contribution >= 0.6 is 0 Å². The van der Waals surface area contributed by atoms with Gasteiger partial charge in [-0.2, -0.15) is 0 Å². The predicted molar refractivity (Wildman–Crippen MR) is 50.0 cm³/mol. The summed E-state index contributed by atoms with van der Waals surface area (Å²) in [6.07, 6.45) is 3.06. The number of carbonyl (C=O) groups is 2. The first-order valence-electron chi connectivity index (χ1n) is 5.11. The van der Waals surface area contributed by atoms with E-state index in [1.165, 1.54) is 0 Å². The van der Waals surface area contributed by atoms with Crippen molar-refractivity contribution < 1.29 is 14.7 Å². The third-order valence-corrected chi connectivity index (χ3v) is 3.41. The predicted octanol–water partition coefficient (Wildman–Crippen LogP) is 0.655. The van der Waals surface area contributed by atoms with Crippen LogP contribution in [0.15, 0.2) is 0 Å². The molecule has 0 aliphatic carbocycles. The van der Waals surface area contributed by atoms with Gasteiger partial charge in [-0.1, -0.05) is 0 Å². The van der Waals surface area contributed by atoms with Crippen LogP contribution < -0.4 is 0 Å². The Balaban J connectivity index is 2.14. The fourth-order valence-electron chi connectivity index (χ4n) is 2.76. The molecular formula is C10H15NO3. The number of rotatable bonds is 2. The minimum Gasteiger partial charge on any atom is -0.480 e. The molecule has 78 valence electrons. The first-order chi connectivity index (χ1) is 6.59. The Morgan fingerprint density at radius 1 is 1.43 bits per heavy atom. The Bertz CT molecular complexity index is 261. The second kappa shape index (κ2) is 3.35. The summed E-state index contributed by atoms with van der Waals surface area (Å²) in [4.78, 5) is 24.2. The maximum atomic E-state index is 11.3. The van der Waals surface area contributed by atoms with Crippen molar-refractivity contribution in [2.75, 3.05) is 0 Å². The number of carboxylic acids is 1. The molecule has 1 N–H and O–H groups in total. The molecule has 0 radical (unpaired) electrons. The quantitative estimate of drug-likeness (QED) is 0.706. The Hall–Kier alpha value is -0.900. The minimum absolute atomic E-state index is 0.187. The zero-order chi connectivity index (χ0) is 10.3. The highest BCUT2D eigenvalue weighted by Crippen LogP contribution is 2.35. The topological polar surface area (TPSA) is 57.6 Å². The van der Waals surface area contributed by atoms with Crippen molar-refractivity contribution in [2.24, 2.45) is 0 Å². The molecule has 0 saturated carbocycles. The third kappa shape index (κ3) is 1.43. The summed E-state index contributed by atoms with van der Waals surface area (Å²) in [6.45, 7) is 1.71. The van der Waals surface area contributed by atoms with Crippen LogP contribution in [0, 0.1) is 0 Å². The highest BCUT2D eigenvalue weighted by atomic mass is 16.4. The molecule has 2 heterocycles. The van der Waals surface area contributed by atoms with Crippen LogP contribution in [0.1, 0.15) is 32.6 Å². The van der Waals surface area contributed by atoms with Crippen LogP contribution in [0.2, 0.25) is 0 Å². The fourth-order valence-corrected chi connectivity index (χ4v) is 2.76. The molecule has 0 aromatic rings. The average molecular weight is 197 g/mol. The molecule has 0 amide bonds. The Kier molecular flexibility index (Phi) is 2.31. The molecule has 2 rings (SSSR count). The van der Waals surface area contributed by atoms with Crippen LogP contribution in [0.4, 0.5) is 0 Å². The minimum atomic E-state index is -0.781. The number of piperidine rings is 1. The lowest BCUT2D eigenvalue weighted by Crippen LogP contribution is -2.50. The number of fused-ring (bicyclic) bond motifs is 2. The van der Waals surface area contributed by atoms with Crippen molar-refractivity contribution in [1.29, 1.82) is 0 Å². The van der Waals surface area contributed by atoms with Gasteiger partial charge in [0.1, 0.15) is 11.8 Å². The molecule has 2 aliphatic heterocycles. The van der Waals surface area contributed by atoms with E-state index in [0.717, 1.165) is 12.8 Å². The van der Waals surface area contributed by atoms with Crippen molar-refractivity contribution in [2.45, 2.75) is 50.7 Å². The number of carboxylic acid groups (broad SMARTS) is 1. The molecule has 2 bridgehead atoms. The molecule has 0 spiro atoms. The van der Waals surface area contributed by atoms with E-state index in [-0.39, 0.29) is 12.1 Å². The average Bonchev–Trinajstić information content (AvgIpc) is 2.37. The van der Waals surface area contributed by atoms with Crippen molar-refractivity contribution >= 4 is 11.8 Å². The number of carbonyl (C=O) groups excluding carboxylic acids is 1. The number of hydrogen-bond acceptors (Lipinski definition) is 3. The van der Waals surface area contributed by atoms with E-state index in [4.69, 9.17) is 5.11 Å². The van der Waals surface area contributed by atoms with Gasteiger partial charge >= 0.3 is 5.97 Å². The SMILES string of the molecule is CC(C(=O)O)N1C2CCC1CC(=O)C2. The van der Waals surface area contributed by atoms with Gasteiger partial charge < -0.3 is 5.11 Å². The van der Waals surface area contributed by atoms with Crippen molar-refractivity contribution in [3.05, 3.63) is 0 Å². The second-order valence-electron chi connectivity index (χ2n) is 4.29. The normalized spacial score (nSPS) is 34.5. The number of Topliss-reactive ketones (excluding diaryl/α,β-unsaturated/α-hetero) is 1. The van der Waals surface area contributed by atoms with E-state index in [9.17, 15) is 9.59 Å². The van der Waals surface area contributed by atoms with Gasteiger partial charge in [-0.05, 0) is 19.8 Å². The molecule has 2 fully saturated rings. The summed E-state index contributed by atoms with van der Waals surface area (Å²) in [6, 6.07) is -0.0692. The number of ketones is 1. The number of nitrogens with zero attached hydrogens (tertiary/aromatic N) is 1. The molecule has 2 aliphatic rings. The standard InChI is InChI=1S/C10H15NO3/c1-6(10(13)14)11-7-2-3-8(11)5-9(12)4-7/h6-8H,2-5H2,1H3,(H,13,14). The smallest absolute Gasteiger partial charge is 0.320 e. The van der Waals surface area contributed by atoms with Crippen molar-refractivity contribution in [3.63, 3.8) is 0 Å². The third-order valence-electron chi connectivity index (χ3n) is 3.41. The first kappa shape index (κ1) is 9.65. The van der Waals surface area contributed by atoms with Gasteiger partial charge in [0.2, 0.25) is 0 Å². The van der Waals surface area contributed by atoms with Gasteiger partial charge in [0, 0.05) is 24.9 Å². The molecule has 4 nitrogen and oxygen atoms in total. The zero-order valence-electron chi connectivity index (χ0n) is 8.27. The van der Waals surface area contributed by atoms with Crippen molar-refractivity contribution in [3.8, 4) is 0 Å². The van der Waals surface area contributed by atoms with Gasteiger partial charge in [-0.25, -0.2) is 0 Å². The van der Waals surface area contributed by atoms with E-state index >= 15 is 0 Å². The van der Waals surface area contributed by atoms with E-state index in [2.05, 4.69) is 0 Å². The van der Waals surface area contributed by atoms with Gasteiger partial charge in [-0.3, -0.25) is 14.5 Å². The van der Waals surface area contributed by atoms with Gasteiger partial charge in [0.15, 0.2) is 0 Å². The number of aliphatic carboxylic acids is 1. The molecule has 4 heteroatoms. The van der Waals surface area contributed by atoms with Gasteiger partial charge in [0.05, 0.1) is 0 Å². The van der Waals surface area contributed by atoms with E-state index < -0.39 is 12.0 Å². The monoisotopic (exact) mass is 197 g/mol. The maximum Gasteiger partial charge on any atom is 0.320 e. The van der Waals surface area contributed by atoms with Crippen LogP contribution in [0.5, 0.6) is 0 Å². The summed E-state index contributed by atoms with van der Waals surface area (Å²) >= 11 is 0. The summed E-state index contributed by atoms with van der Waals surface area (Å²) in [5.41, 5.74) is 0.